The Labute approximate surface area is 304 Å². The molecule has 0 unspecified atom stereocenters. The monoisotopic (exact) mass is 715 g/mol. The minimum absolute atomic E-state index is 0.0346. The third-order valence-corrected chi connectivity index (χ3v) is 8.70. The van der Waals surface area contributed by atoms with Gasteiger partial charge in [0.05, 0.1) is 28.2 Å². The van der Waals surface area contributed by atoms with Crippen LogP contribution in [0.1, 0.15) is 64.0 Å². The Bertz CT molecular complexity index is 1670. The van der Waals surface area contributed by atoms with Crippen molar-refractivity contribution in [3.63, 3.8) is 0 Å². The number of alkyl carbamates (subject to hydrolysis) is 1. The highest BCUT2D eigenvalue weighted by Crippen LogP contribution is 2.22. The van der Waals surface area contributed by atoms with Crippen LogP contribution in [0.4, 0.5) is 9.59 Å². The van der Waals surface area contributed by atoms with Gasteiger partial charge in [-0.25, -0.2) is 9.59 Å². The van der Waals surface area contributed by atoms with Crippen LogP contribution in [0.5, 0.6) is 0 Å². The van der Waals surface area contributed by atoms with Gasteiger partial charge in [0.1, 0.15) is 18.2 Å². The van der Waals surface area contributed by atoms with Crippen molar-refractivity contribution >= 4 is 29.4 Å². The number of aromatic nitrogens is 2. The van der Waals surface area contributed by atoms with Crippen molar-refractivity contribution in [2.45, 2.75) is 91.3 Å². The van der Waals surface area contributed by atoms with Crippen molar-refractivity contribution in [2.24, 2.45) is 5.41 Å². The molecule has 51 heavy (non-hydrogen) atoms. The van der Waals surface area contributed by atoms with Gasteiger partial charge in [0.25, 0.3) is 0 Å². The minimum atomic E-state index is -1.05. The molecule has 0 aliphatic heterocycles. The molecule has 272 valence electrons. The number of carbonyl (C=O) groups excluding carboxylic acids is 3. The Hall–Kier alpha value is -4.81. The lowest BCUT2D eigenvalue weighted by Crippen LogP contribution is -2.57. The van der Waals surface area contributed by atoms with E-state index in [0.29, 0.717) is 6.42 Å². The van der Waals surface area contributed by atoms with Crippen molar-refractivity contribution in [2.75, 3.05) is 6.54 Å². The number of carbonyl (C=O) groups is 3. The van der Waals surface area contributed by atoms with Crippen molar-refractivity contribution in [1.29, 1.82) is 0 Å². The largest absolute Gasteiger partial charge is 0.444 e. The summed E-state index contributed by atoms with van der Waals surface area (Å²) in [4.78, 5) is 50.8. The van der Waals surface area contributed by atoms with Crippen LogP contribution in [0.3, 0.4) is 0 Å². The third kappa shape index (κ3) is 12.8. The number of ether oxygens (including phenoxy) is 2. The predicted octanol–water partition coefficient (Wildman–Crippen LogP) is 6.76. The number of thiazole rings is 1. The Kier molecular flexibility index (Phi) is 13.7. The predicted molar refractivity (Wildman–Crippen MR) is 198 cm³/mol. The quantitative estimate of drug-likeness (QED) is 0.130. The second kappa shape index (κ2) is 17.9. The lowest BCUT2D eigenvalue weighted by Gasteiger charge is -2.33. The lowest BCUT2D eigenvalue weighted by atomic mass is 9.85. The smallest absolute Gasteiger partial charge is 0.410 e. The first-order valence-electron chi connectivity index (χ1n) is 17.0. The fourth-order valence-electron chi connectivity index (χ4n) is 5.29. The van der Waals surface area contributed by atoms with Crippen LogP contribution >= 0.6 is 11.3 Å². The third-order valence-electron chi connectivity index (χ3n) is 7.94. The highest BCUT2D eigenvalue weighted by molar-refractivity contribution is 7.09. The van der Waals surface area contributed by atoms with E-state index in [1.807, 2.05) is 93.6 Å². The number of hydrogen-bond donors (Lipinski definition) is 3. The van der Waals surface area contributed by atoms with E-state index in [4.69, 9.17) is 9.47 Å². The van der Waals surface area contributed by atoms with Crippen LogP contribution in [0, 0.1) is 5.41 Å². The summed E-state index contributed by atoms with van der Waals surface area (Å²) in [7, 11) is 0. The van der Waals surface area contributed by atoms with E-state index >= 15 is 0 Å². The van der Waals surface area contributed by atoms with E-state index in [1.165, 1.54) is 11.3 Å². The molecule has 0 saturated carbocycles. The second-order valence-electron chi connectivity index (χ2n) is 14.5. The summed E-state index contributed by atoms with van der Waals surface area (Å²) >= 11 is 1.36. The normalized spacial score (nSPS) is 13.4. The van der Waals surface area contributed by atoms with Crippen LogP contribution in [0.25, 0.3) is 11.3 Å². The Morgan fingerprint density at radius 2 is 1.61 bits per heavy atom. The molecule has 4 rings (SSSR count). The molecular weight excluding hydrogens is 667 g/mol. The number of benzene rings is 2. The first-order chi connectivity index (χ1) is 24.2. The van der Waals surface area contributed by atoms with E-state index in [0.717, 1.165) is 27.3 Å². The number of aliphatic hydroxyl groups is 1. The Morgan fingerprint density at radius 3 is 2.22 bits per heavy atom. The Morgan fingerprint density at radius 1 is 0.902 bits per heavy atom. The maximum Gasteiger partial charge on any atom is 0.410 e. The van der Waals surface area contributed by atoms with E-state index in [2.05, 4.69) is 20.6 Å². The average molecular weight is 716 g/mol. The van der Waals surface area contributed by atoms with E-state index in [-0.39, 0.29) is 26.1 Å². The summed E-state index contributed by atoms with van der Waals surface area (Å²) < 4.78 is 11.1. The molecule has 3 amide bonds. The van der Waals surface area contributed by atoms with Crippen molar-refractivity contribution in [1.82, 2.24) is 25.5 Å². The van der Waals surface area contributed by atoms with E-state index in [1.54, 1.807) is 43.6 Å². The minimum Gasteiger partial charge on any atom is -0.444 e. The molecule has 2 heterocycles. The van der Waals surface area contributed by atoms with Gasteiger partial charge in [-0.3, -0.25) is 14.8 Å². The fraction of sp³-hybridized carbons (Fsp3) is 0.410. The topological polar surface area (TPSA) is 143 Å². The van der Waals surface area contributed by atoms with Gasteiger partial charge < -0.3 is 30.1 Å². The molecule has 2 aromatic heterocycles. The Balaban J connectivity index is 1.49. The molecule has 0 saturated heterocycles. The van der Waals surface area contributed by atoms with Gasteiger partial charge in [0, 0.05) is 31.0 Å². The molecule has 3 N–H and O–H groups in total. The highest BCUT2D eigenvalue weighted by atomic mass is 32.1. The molecule has 0 aliphatic rings. The summed E-state index contributed by atoms with van der Waals surface area (Å²) in [5, 5.41) is 17.4. The first-order valence-corrected chi connectivity index (χ1v) is 17.9. The zero-order valence-corrected chi connectivity index (χ0v) is 31.0. The molecule has 4 aromatic rings. The second-order valence-corrected chi connectivity index (χ2v) is 15.4. The van der Waals surface area contributed by atoms with Crippen LogP contribution in [0.15, 0.2) is 90.7 Å². The molecular formula is C39H49N5O6S. The SMILES string of the molecule is CC(C)(C)OC(=O)N(CC[C@H](O)[C@H](Cc1ccccc1)NC(=O)[C@@H](NC(=O)OCc1cncs1)C(C)(C)C)Cc1ccc(-c2ccccn2)cc1. The summed E-state index contributed by atoms with van der Waals surface area (Å²) in [5.74, 6) is -0.464. The maximum absolute atomic E-state index is 13.8. The van der Waals surface area contributed by atoms with Crippen molar-refractivity contribution < 1.29 is 29.0 Å². The number of aliphatic hydroxyl groups excluding tert-OH is 1. The zero-order chi connectivity index (χ0) is 37.0. The van der Waals surface area contributed by atoms with Gasteiger partial charge in [0.15, 0.2) is 0 Å². The van der Waals surface area contributed by atoms with Crippen molar-refractivity contribution in [3.8, 4) is 11.3 Å². The number of nitrogens with zero attached hydrogens (tertiary/aromatic N) is 3. The van der Waals surface area contributed by atoms with Crippen molar-refractivity contribution in [3.05, 3.63) is 107 Å². The number of amides is 3. The van der Waals surface area contributed by atoms with Gasteiger partial charge in [-0.05, 0) is 62.3 Å². The van der Waals surface area contributed by atoms with Gasteiger partial charge in [-0.15, -0.1) is 11.3 Å². The molecule has 11 nitrogen and oxygen atoms in total. The van der Waals surface area contributed by atoms with E-state index in [9.17, 15) is 19.5 Å². The highest BCUT2D eigenvalue weighted by Gasteiger charge is 2.36. The molecule has 0 bridgehead atoms. The van der Waals surface area contributed by atoms with Gasteiger partial charge >= 0.3 is 12.2 Å². The van der Waals surface area contributed by atoms with Gasteiger partial charge in [0.2, 0.25) is 5.91 Å². The number of pyridine rings is 1. The maximum atomic E-state index is 13.8. The molecule has 0 fully saturated rings. The van der Waals surface area contributed by atoms with Gasteiger partial charge in [-0.1, -0.05) is 81.4 Å². The zero-order valence-electron chi connectivity index (χ0n) is 30.2. The lowest BCUT2D eigenvalue weighted by molar-refractivity contribution is -0.127. The molecule has 2 aromatic carbocycles. The number of nitrogens with one attached hydrogen (secondary N) is 2. The number of hydrogen-bond acceptors (Lipinski definition) is 9. The van der Waals surface area contributed by atoms with Gasteiger partial charge in [-0.2, -0.15) is 0 Å². The summed E-state index contributed by atoms with van der Waals surface area (Å²) in [6.45, 7) is 11.4. The van der Waals surface area contributed by atoms with Crippen LogP contribution in [0.2, 0.25) is 0 Å². The molecule has 0 spiro atoms. The molecule has 0 radical (unpaired) electrons. The summed E-state index contributed by atoms with van der Waals surface area (Å²) in [6, 6.07) is 21.3. The molecule has 0 aliphatic carbocycles. The summed E-state index contributed by atoms with van der Waals surface area (Å²) in [5.41, 5.74) is 3.82. The molecule has 3 atom stereocenters. The van der Waals surface area contributed by atoms with E-state index < -0.39 is 47.3 Å². The first kappa shape index (κ1) is 39.0. The average Bonchev–Trinajstić information content (AvgIpc) is 3.61. The standard InChI is InChI=1S/C39H49N5O6S/c1-38(2,3)34(43-36(47)49-25-30-23-40-26-51-30)35(46)42-32(22-27-12-8-7-9-13-27)33(45)19-21-44(37(48)50-39(4,5)6)24-28-15-17-29(18-16-28)31-14-10-11-20-41-31/h7-18,20,23,26,32-34,45H,19,21-22,24-25H2,1-6H3,(H,42,46)(H,43,47)/t32-,33-,34+/m0/s1. The van der Waals surface area contributed by atoms with Crippen LogP contribution in [-0.4, -0.2) is 68.4 Å². The summed E-state index contributed by atoms with van der Waals surface area (Å²) in [6.07, 6.45) is 1.52. The number of rotatable bonds is 14. The molecule has 12 heteroatoms. The fourth-order valence-corrected chi connectivity index (χ4v) is 5.79. The van der Waals surface area contributed by atoms with Crippen LogP contribution in [-0.2, 0) is 33.8 Å². The van der Waals surface area contributed by atoms with Crippen LogP contribution < -0.4 is 10.6 Å².